The summed E-state index contributed by atoms with van der Waals surface area (Å²) in [5.41, 5.74) is 0.789. The van der Waals surface area contributed by atoms with Crippen LogP contribution in [-0.2, 0) is 10.0 Å². The third-order valence-corrected chi connectivity index (χ3v) is 4.69. The fraction of sp³-hybridized carbons (Fsp3) is 0.462. The maximum absolute atomic E-state index is 12.1. The largest absolute Gasteiger partial charge is 0.267 e. The van der Waals surface area contributed by atoms with Gasteiger partial charge >= 0.3 is 0 Å². The first-order valence-corrected chi connectivity index (χ1v) is 8.54. The number of sulfonamides is 1. The zero-order valence-electron chi connectivity index (χ0n) is 11.7. The standard InChI is InChI=1S/C13H17N5O2S/c1-10-2-5-12(16-15-10)18-13(6-8-14-18)17-21(19,20)9-7-11-3-4-11/h2,5-6,8,11,17H,3-4,7,9H2,1H3. The van der Waals surface area contributed by atoms with Gasteiger partial charge in [-0.3, -0.25) is 4.72 Å². The summed E-state index contributed by atoms with van der Waals surface area (Å²) in [7, 11) is -3.36. The molecule has 0 saturated heterocycles. The van der Waals surface area contributed by atoms with E-state index in [4.69, 9.17) is 0 Å². The summed E-state index contributed by atoms with van der Waals surface area (Å²) in [6.07, 6.45) is 4.53. The second kappa shape index (κ2) is 5.44. The zero-order valence-corrected chi connectivity index (χ0v) is 12.5. The first kappa shape index (κ1) is 14.0. The molecule has 1 aliphatic rings. The van der Waals surface area contributed by atoms with Crippen LogP contribution in [-0.4, -0.2) is 34.1 Å². The fourth-order valence-electron chi connectivity index (χ4n) is 2.01. The van der Waals surface area contributed by atoms with Gasteiger partial charge < -0.3 is 0 Å². The Hall–Kier alpha value is -1.96. The summed E-state index contributed by atoms with van der Waals surface area (Å²) in [6, 6.07) is 5.16. The molecule has 0 spiro atoms. The van der Waals surface area contributed by atoms with Crippen LogP contribution in [0.1, 0.15) is 25.0 Å². The Labute approximate surface area is 123 Å². The summed E-state index contributed by atoms with van der Waals surface area (Å²) in [5, 5.41) is 12.1. The van der Waals surface area contributed by atoms with Gasteiger partial charge in [-0.05, 0) is 31.4 Å². The van der Waals surface area contributed by atoms with Crippen molar-refractivity contribution < 1.29 is 8.42 Å². The molecule has 0 unspecified atom stereocenters. The third kappa shape index (κ3) is 3.57. The van der Waals surface area contributed by atoms with Gasteiger partial charge in [0.15, 0.2) is 5.82 Å². The smallest absolute Gasteiger partial charge is 0.233 e. The predicted molar refractivity (Wildman–Crippen MR) is 78.6 cm³/mol. The number of aryl methyl sites for hydroxylation is 1. The first-order chi connectivity index (χ1) is 10.0. The summed E-state index contributed by atoms with van der Waals surface area (Å²) in [6.45, 7) is 1.83. The summed E-state index contributed by atoms with van der Waals surface area (Å²) in [4.78, 5) is 0. The summed E-state index contributed by atoms with van der Waals surface area (Å²) < 4.78 is 28.2. The molecule has 3 rings (SSSR count). The number of rotatable bonds is 6. The molecule has 1 fully saturated rings. The van der Waals surface area contributed by atoms with E-state index >= 15 is 0 Å². The number of hydrogen-bond acceptors (Lipinski definition) is 5. The molecule has 0 aliphatic heterocycles. The molecule has 2 aromatic heterocycles. The molecule has 2 heterocycles. The fourth-order valence-corrected chi connectivity index (χ4v) is 3.23. The van der Waals surface area contributed by atoms with E-state index in [1.54, 1.807) is 18.2 Å². The number of nitrogens with one attached hydrogen (secondary N) is 1. The SMILES string of the molecule is Cc1ccc(-n2nccc2NS(=O)(=O)CCC2CC2)nn1. The maximum atomic E-state index is 12.1. The van der Waals surface area contributed by atoms with Crippen molar-refractivity contribution in [1.82, 2.24) is 20.0 Å². The molecule has 1 saturated carbocycles. The van der Waals surface area contributed by atoms with Gasteiger partial charge in [0.05, 0.1) is 17.6 Å². The van der Waals surface area contributed by atoms with E-state index in [9.17, 15) is 8.42 Å². The van der Waals surface area contributed by atoms with E-state index in [0.29, 0.717) is 24.0 Å². The minimum absolute atomic E-state index is 0.141. The molecule has 8 heteroatoms. The van der Waals surface area contributed by atoms with E-state index in [0.717, 1.165) is 18.5 Å². The Morgan fingerprint density at radius 1 is 1.29 bits per heavy atom. The Bertz CT molecular complexity index is 719. The molecule has 1 N–H and O–H groups in total. The second-order valence-electron chi connectivity index (χ2n) is 5.31. The lowest BCUT2D eigenvalue weighted by molar-refractivity contribution is 0.595. The average molecular weight is 307 g/mol. The van der Waals surface area contributed by atoms with Crippen LogP contribution in [0.2, 0.25) is 0 Å². The van der Waals surface area contributed by atoms with Gasteiger partial charge in [-0.1, -0.05) is 12.8 Å². The molecule has 7 nitrogen and oxygen atoms in total. The van der Waals surface area contributed by atoms with E-state index in [1.165, 1.54) is 10.9 Å². The summed E-state index contributed by atoms with van der Waals surface area (Å²) >= 11 is 0. The van der Waals surface area contributed by atoms with Gasteiger partial charge in [0, 0.05) is 6.07 Å². The van der Waals surface area contributed by atoms with E-state index in [-0.39, 0.29) is 5.75 Å². The predicted octanol–water partition coefficient (Wildman–Crippen LogP) is 1.51. The van der Waals surface area contributed by atoms with E-state index in [1.807, 2.05) is 6.92 Å². The van der Waals surface area contributed by atoms with Crippen LogP contribution >= 0.6 is 0 Å². The van der Waals surface area contributed by atoms with Crippen LogP contribution in [0.5, 0.6) is 0 Å². The van der Waals surface area contributed by atoms with Crippen molar-refractivity contribution in [2.45, 2.75) is 26.2 Å². The maximum Gasteiger partial charge on any atom is 0.233 e. The monoisotopic (exact) mass is 307 g/mol. The van der Waals surface area contributed by atoms with Crippen molar-refractivity contribution in [2.24, 2.45) is 5.92 Å². The van der Waals surface area contributed by atoms with Crippen LogP contribution in [0, 0.1) is 12.8 Å². The number of aromatic nitrogens is 4. The van der Waals surface area contributed by atoms with E-state index < -0.39 is 10.0 Å². The molecule has 1 aliphatic carbocycles. The van der Waals surface area contributed by atoms with Crippen molar-refractivity contribution in [1.29, 1.82) is 0 Å². The van der Waals surface area contributed by atoms with Crippen molar-refractivity contribution in [3.05, 3.63) is 30.1 Å². The lowest BCUT2D eigenvalue weighted by Gasteiger charge is -2.09. The zero-order chi connectivity index (χ0) is 14.9. The Morgan fingerprint density at radius 2 is 2.10 bits per heavy atom. The molecule has 0 atom stereocenters. The topological polar surface area (TPSA) is 89.8 Å². The van der Waals surface area contributed by atoms with Gasteiger partial charge in [-0.15, -0.1) is 5.10 Å². The number of hydrogen-bond donors (Lipinski definition) is 1. The normalized spacial score (nSPS) is 15.1. The van der Waals surface area contributed by atoms with Crippen LogP contribution < -0.4 is 4.72 Å². The molecule has 0 bridgehead atoms. The molecule has 0 aromatic carbocycles. The summed E-state index contributed by atoms with van der Waals surface area (Å²) in [5.74, 6) is 1.58. The minimum atomic E-state index is -3.36. The Kier molecular flexibility index (Phi) is 3.62. The number of anilines is 1. The highest BCUT2D eigenvalue weighted by Crippen LogP contribution is 2.32. The quantitative estimate of drug-likeness (QED) is 0.873. The molecule has 2 aromatic rings. The average Bonchev–Trinajstić information content (AvgIpc) is 3.17. The molecular formula is C13H17N5O2S. The molecule has 21 heavy (non-hydrogen) atoms. The van der Waals surface area contributed by atoms with Crippen molar-refractivity contribution in [2.75, 3.05) is 10.5 Å². The highest BCUT2D eigenvalue weighted by atomic mass is 32.2. The van der Waals surface area contributed by atoms with Crippen LogP contribution in [0.3, 0.4) is 0 Å². The van der Waals surface area contributed by atoms with Gasteiger partial charge in [-0.2, -0.15) is 14.9 Å². The van der Waals surface area contributed by atoms with E-state index in [2.05, 4.69) is 20.0 Å². The first-order valence-electron chi connectivity index (χ1n) is 6.89. The minimum Gasteiger partial charge on any atom is -0.267 e. The van der Waals surface area contributed by atoms with Crippen molar-refractivity contribution in [3.63, 3.8) is 0 Å². The highest BCUT2D eigenvalue weighted by Gasteiger charge is 2.24. The van der Waals surface area contributed by atoms with Crippen LogP contribution in [0.25, 0.3) is 5.82 Å². The number of nitrogens with zero attached hydrogens (tertiary/aromatic N) is 4. The lowest BCUT2D eigenvalue weighted by atomic mass is 10.3. The van der Waals surface area contributed by atoms with Gasteiger partial charge in [0.25, 0.3) is 0 Å². The highest BCUT2D eigenvalue weighted by molar-refractivity contribution is 7.92. The van der Waals surface area contributed by atoms with Gasteiger partial charge in [-0.25, -0.2) is 8.42 Å². The van der Waals surface area contributed by atoms with Crippen LogP contribution in [0.15, 0.2) is 24.4 Å². The lowest BCUT2D eigenvalue weighted by Crippen LogP contribution is -2.19. The second-order valence-corrected chi connectivity index (χ2v) is 7.16. The third-order valence-electron chi connectivity index (χ3n) is 3.40. The molecule has 0 radical (unpaired) electrons. The van der Waals surface area contributed by atoms with Gasteiger partial charge in [0.1, 0.15) is 5.82 Å². The Morgan fingerprint density at radius 3 is 2.76 bits per heavy atom. The molecule has 0 amide bonds. The Balaban J connectivity index is 1.76. The van der Waals surface area contributed by atoms with Crippen LogP contribution in [0.4, 0.5) is 5.82 Å². The molecule has 112 valence electrons. The molecular weight excluding hydrogens is 290 g/mol. The van der Waals surface area contributed by atoms with Gasteiger partial charge in [0.2, 0.25) is 10.0 Å². The van der Waals surface area contributed by atoms with Crippen molar-refractivity contribution in [3.8, 4) is 5.82 Å². The van der Waals surface area contributed by atoms with Crippen molar-refractivity contribution >= 4 is 15.8 Å².